The van der Waals surface area contributed by atoms with Gasteiger partial charge in [0.05, 0.1) is 16.8 Å². The highest BCUT2D eigenvalue weighted by atomic mass is 127. The molecule has 0 fully saturated rings. The van der Waals surface area contributed by atoms with Crippen LogP contribution in [0.25, 0.3) is 0 Å². The maximum absolute atomic E-state index is 6.25. The standard InChI is InChI=1S/C14H11BrCl2IN/c1-8(11-4-2-9(15)6-12(11)16)19-14-5-3-10(18)7-13(14)17/h2-8,19H,1H3. The Labute approximate surface area is 145 Å². The minimum absolute atomic E-state index is 0.0816. The van der Waals surface area contributed by atoms with Crippen LogP contribution < -0.4 is 5.32 Å². The molecular weight excluding hydrogens is 460 g/mol. The Morgan fingerprint density at radius 1 is 1.11 bits per heavy atom. The van der Waals surface area contributed by atoms with Crippen LogP contribution in [0.3, 0.4) is 0 Å². The summed E-state index contributed by atoms with van der Waals surface area (Å²) in [6, 6.07) is 11.9. The third kappa shape index (κ3) is 4.00. The molecule has 1 N–H and O–H groups in total. The molecule has 19 heavy (non-hydrogen) atoms. The summed E-state index contributed by atoms with van der Waals surface area (Å²) < 4.78 is 2.09. The molecule has 0 aliphatic heterocycles. The number of rotatable bonds is 3. The van der Waals surface area contributed by atoms with Gasteiger partial charge in [-0.2, -0.15) is 0 Å². The maximum atomic E-state index is 6.25. The number of nitrogens with one attached hydrogen (secondary N) is 1. The predicted octanol–water partition coefficient (Wildman–Crippen LogP) is 6.53. The van der Waals surface area contributed by atoms with Gasteiger partial charge in [0.1, 0.15) is 0 Å². The van der Waals surface area contributed by atoms with Crippen LogP contribution in [0, 0.1) is 3.57 Å². The lowest BCUT2D eigenvalue weighted by Crippen LogP contribution is -2.07. The fourth-order valence-corrected chi connectivity index (χ4v) is 3.52. The van der Waals surface area contributed by atoms with Gasteiger partial charge in [-0.25, -0.2) is 0 Å². The van der Waals surface area contributed by atoms with Crippen LogP contribution in [0.15, 0.2) is 40.9 Å². The largest absolute Gasteiger partial charge is 0.377 e. The molecule has 0 saturated carbocycles. The van der Waals surface area contributed by atoms with Gasteiger partial charge in [0, 0.05) is 13.1 Å². The van der Waals surface area contributed by atoms with E-state index in [0.717, 1.165) is 24.3 Å². The zero-order chi connectivity index (χ0) is 14.0. The first kappa shape index (κ1) is 15.4. The van der Waals surface area contributed by atoms with E-state index in [9.17, 15) is 0 Å². The molecule has 0 radical (unpaired) electrons. The SMILES string of the molecule is CC(Nc1ccc(I)cc1Cl)c1ccc(Br)cc1Cl. The van der Waals surface area contributed by atoms with Crippen LogP contribution in [0.1, 0.15) is 18.5 Å². The van der Waals surface area contributed by atoms with Crippen LogP contribution in [0.4, 0.5) is 5.69 Å². The summed E-state index contributed by atoms with van der Waals surface area (Å²) >= 11 is 18.1. The van der Waals surface area contributed by atoms with Gasteiger partial charge in [0.2, 0.25) is 0 Å². The second kappa shape index (κ2) is 6.66. The van der Waals surface area contributed by atoms with E-state index < -0.39 is 0 Å². The number of hydrogen-bond acceptors (Lipinski definition) is 1. The summed E-state index contributed by atoms with van der Waals surface area (Å²) in [5.74, 6) is 0. The molecular formula is C14H11BrCl2IN. The van der Waals surface area contributed by atoms with Crippen molar-refractivity contribution in [3.05, 3.63) is 60.0 Å². The molecule has 0 heterocycles. The van der Waals surface area contributed by atoms with Crippen molar-refractivity contribution < 1.29 is 0 Å². The van der Waals surface area contributed by atoms with E-state index in [1.807, 2.05) is 36.4 Å². The molecule has 0 aromatic heterocycles. The number of hydrogen-bond donors (Lipinski definition) is 1. The fraction of sp³-hybridized carbons (Fsp3) is 0.143. The third-order valence-corrected chi connectivity index (χ3v) is 4.54. The van der Waals surface area contributed by atoms with Gasteiger partial charge < -0.3 is 5.32 Å². The van der Waals surface area contributed by atoms with Gasteiger partial charge in [-0.1, -0.05) is 45.2 Å². The molecule has 0 spiro atoms. The van der Waals surface area contributed by atoms with Crippen molar-refractivity contribution in [3.63, 3.8) is 0 Å². The number of anilines is 1. The van der Waals surface area contributed by atoms with E-state index in [0.29, 0.717) is 5.02 Å². The highest BCUT2D eigenvalue weighted by molar-refractivity contribution is 14.1. The van der Waals surface area contributed by atoms with E-state index in [2.05, 4.69) is 50.8 Å². The summed E-state index contributed by atoms with van der Waals surface area (Å²) in [5, 5.41) is 4.83. The molecule has 5 heteroatoms. The summed E-state index contributed by atoms with van der Waals surface area (Å²) in [7, 11) is 0. The second-order valence-corrected chi connectivity index (χ2v) is 7.13. The smallest absolute Gasteiger partial charge is 0.0648 e. The van der Waals surface area contributed by atoms with E-state index >= 15 is 0 Å². The quantitative estimate of drug-likeness (QED) is 0.502. The Hall–Kier alpha value is 0.0300. The molecule has 0 aliphatic carbocycles. The minimum Gasteiger partial charge on any atom is -0.377 e. The lowest BCUT2D eigenvalue weighted by Gasteiger charge is -2.18. The Bertz CT molecular complexity index is 604. The first-order chi connectivity index (χ1) is 8.97. The summed E-state index contributed by atoms with van der Waals surface area (Å²) in [6.45, 7) is 2.06. The zero-order valence-corrected chi connectivity index (χ0v) is 15.3. The Morgan fingerprint density at radius 3 is 2.47 bits per heavy atom. The van der Waals surface area contributed by atoms with Gasteiger partial charge in [-0.3, -0.25) is 0 Å². The van der Waals surface area contributed by atoms with Crippen molar-refractivity contribution in [2.75, 3.05) is 5.32 Å². The lowest BCUT2D eigenvalue weighted by atomic mass is 10.1. The van der Waals surface area contributed by atoms with Crippen LogP contribution >= 0.6 is 61.7 Å². The van der Waals surface area contributed by atoms with Gasteiger partial charge in [-0.15, -0.1) is 0 Å². The van der Waals surface area contributed by atoms with Crippen molar-refractivity contribution in [1.29, 1.82) is 0 Å². The van der Waals surface area contributed by atoms with Crippen molar-refractivity contribution >= 4 is 67.4 Å². The average molecular weight is 471 g/mol. The highest BCUT2D eigenvalue weighted by Crippen LogP contribution is 2.31. The summed E-state index contributed by atoms with van der Waals surface area (Å²) in [5.41, 5.74) is 1.95. The summed E-state index contributed by atoms with van der Waals surface area (Å²) in [4.78, 5) is 0. The Morgan fingerprint density at radius 2 is 1.84 bits per heavy atom. The monoisotopic (exact) mass is 469 g/mol. The Kier molecular flexibility index (Phi) is 5.40. The average Bonchev–Trinajstić information content (AvgIpc) is 2.32. The normalized spacial score (nSPS) is 12.3. The van der Waals surface area contributed by atoms with Crippen molar-refractivity contribution in [3.8, 4) is 0 Å². The van der Waals surface area contributed by atoms with E-state index in [-0.39, 0.29) is 6.04 Å². The third-order valence-electron chi connectivity index (χ3n) is 2.73. The van der Waals surface area contributed by atoms with Crippen molar-refractivity contribution in [2.45, 2.75) is 13.0 Å². The van der Waals surface area contributed by atoms with E-state index in [1.165, 1.54) is 0 Å². The molecule has 1 atom stereocenters. The molecule has 0 bridgehead atoms. The van der Waals surface area contributed by atoms with Crippen LogP contribution in [0.5, 0.6) is 0 Å². The summed E-state index contributed by atoms with van der Waals surface area (Å²) in [6.07, 6.45) is 0. The lowest BCUT2D eigenvalue weighted by molar-refractivity contribution is 0.884. The molecule has 0 aliphatic rings. The Balaban J connectivity index is 2.23. The van der Waals surface area contributed by atoms with Crippen molar-refractivity contribution in [2.24, 2.45) is 0 Å². The fourth-order valence-electron chi connectivity index (χ4n) is 1.77. The van der Waals surface area contributed by atoms with Gasteiger partial charge in [0.15, 0.2) is 0 Å². The molecule has 1 nitrogen and oxygen atoms in total. The van der Waals surface area contributed by atoms with Crippen LogP contribution in [-0.4, -0.2) is 0 Å². The highest BCUT2D eigenvalue weighted by Gasteiger charge is 2.11. The van der Waals surface area contributed by atoms with Crippen molar-refractivity contribution in [1.82, 2.24) is 0 Å². The number of halogens is 4. The first-order valence-corrected chi connectivity index (χ1v) is 8.26. The van der Waals surface area contributed by atoms with Crippen LogP contribution in [0.2, 0.25) is 10.0 Å². The number of benzene rings is 2. The van der Waals surface area contributed by atoms with E-state index in [4.69, 9.17) is 23.2 Å². The predicted molar refractivity (Wildman–Crippen MR) is 95.4 cm³/mol. The minimum atomic E-state index is 0.0816. The topological polar surface area (TPSA) is 12.0 Å². The van der Waals surface area contributed by atoms with Gasteiger partial charge in [-0.05, 0) is 65.4 Å². The molecule has 2 rings (SSSR count). The van der Waals surface area contributed by atoms with Gasteiger partial charge >= 0.3 is 0 Å². The maximum Gasteiger partial charge on any atom is 0.0648 e. The second-order valence-electron chi connectivity index (χ2n) is 4.16. The molecule has 2 aromatic rings. The van der Waals surface area contributed by atoms with Gasteiger partial charge in [0.25, 0.3) is 0 Å². The van der Waals surface area contributed by atoms with Crippen LogP contribution in [-0.2, 0) is 0 Å². The molecule has 0 amide bonds. The molecule has 1 unspecified atom stereocenters. The first-order valence-electron chi connectivity index (χ1n) is 5.64. The molecule has 2 aromatic carbocycles. The van der Waals surface area contributed by atoms with E-state index in [1.54, 1.807) is 0 Å². The zero-order valence-electron chi connectivity index (χ0n) is 10.1. The molecule has 0 saturated heterocycles. The molecule has 100 valence electrons.